The third-order valence-corrected chi connectivity index (χ3v) is 2.36. The second-order valence-electron chi connectivity index (χ2n) is 3.17. The molecule has 0 aromatic heterocycles. The summed E-state index contributed by atoms with van der Waals surface area (Å²) in [6, 6.07) is 0. The second kappa shape index (κ2) is 4.29. The third kappa shape index (κ3) is 1.87. The lowest BCUT2D eigenvalue weighted by Crippen LogP contribution is -2.33. The normalized spacial score (nSPS) is 20.0. The van der Waals surface area contributed by atoms with Crippen LogP contribution in [0.1, 0.15) is 32.6 Å². The highest BCUT2D eigenvalue weighted by molar-refractivity contribution is 5.83. The highest BCUT2D eigenvalue weighted by Gasteiger charge is 2.15. The summed E-state index contributed by atoms with van der Waals surface area (Å²) in [5, 5.41) is 0. The first-order valence-corrected chi connectivity index (χ1v) is 4.70. The van der Waals surface area contributed by atoms with Gasteiger partial charge >= 0.3 is 0 Å². The zero-order chi connectivity index (χ0) is 8.97. The highest BCUT2D eigenvalue weighted by atomic mass is 15.2. The van der Waals surface area contributed by atoms with Gasteiger partial charge in [0.05, 0.1) is 0 Å². The van der Waals surface area contributed by atoms with E-state index in [0.717, 1.165) is 19.4 Å². The van der Waals surface area contributed by atoms with Crippen LogP contribution in [-0.4, -0.2) is 24.3 Å². The topological polar surface area (TPSA) is 15.6 Å². The zero-order valence-corrected chi connectivity index (χ0v) is 8.14. The quantitative estimate of drug-likeness (QED) is 0.431. The Labute approximate surface area is 75.0 Å². The first kappa shape index (κ1) is 9.30. The van der Waals surface area contributed by atoms with Crippen LogP contribution in [0.3, 0.4) is 0 Å². The summed E-state index contributed by atoms with van der Waals surface area (Å²) in [4.78, 5) is 6.53. The molecule has 1 saturated heterocycles. The average Bonchev–Trinajstić information content (AvgIpc) is 2.10. The molecular formula is C10H18N2. The first-order chi connectivity index (χ1) is 5.79. The molecule has 0 saturated carbocycles. The molecule has 0 aromatic rings. The van der Waals surface area contributed by atoms with Gasteiger partial charge in [-0.3, -0.25) is 4.99 Å². The minimum absolute atomic E-state index is 1.01. The van der Waals surface area contributed by atoms with Crippen molar-refractivity contribution >= 4 is 5.84 Å². The summed E-state index contributed by atoms with van der Waals surface area (Å²) in [6.07, 6.45) is 4.71. The SMILES string of the molecule is C=C1CCCCN1C(CC)=NC. The molecule has 12 heavy (non-hydrogen) atoms. The van der Waals surface area contributed by atoms with Crippen molar-refractivity contribution in [3.05, 3.63) is 12.3 Å². The van der Waals surface area contributed by atoms with Crippen molar-refractivity contribution in [1.82, 2.24) is 4.90 Å². The lowest BCUT2D eigenvalue weighted by Gasteiger charge is -2.31. The number of hydrogen-bond donors (Lipinski definition) is 0. The van der Waals surface area contributed by atoms with E-state index in [1.807, 2.05) is 7.05 Å². The fourth-order valence-corrected chi connectivity index (χ4v) is 1.67. The van der Waals surface area contributed by atoms with Crippen molar-refractivity contribution in [3.63, 3.8) is 0 Å². The highest BCUT2D eigenvalue weighted by Crippen LogP contribution is 2.19. The third-order valence-electron chi connectivity index (χ3n) is 2.36. The maximum atomic E-state index is 4.26. The Bertz CT molecular complexity index is 194. The summed E-state index contributed by atoms with van der Waals surface area (Å²) in [5.41, 5.74) is 1.24. The Kier molecular flexibility index (Phi) is 3.32. The number of hydrogen-bond acceptors (Lipinski definition) is 1. The summed E-state index contributed by atoms with van der Waals surface area (Å²) in [7, 11) is 1.86. The minimum Gasteiger partial charge on any atom is -0.335 e. The van der Waals surface area contributed by atoms with Gasteiger partial charge in [-0.1, -0.05) is 13.5 Å². The van der Waals surface area contributed by atoms with E-state index in [0.29, 0.717) is 0 Å². The van der Waals surface area contributed by atoms with E-state index in [4.69, 9.17) is 0 Å². The number of amidine groups is 1. The maximum Gasteiger partial charge on any atom is 0.102 e. The summed E-state index contributed by atoms with van der Waals surface area (Å²) < 4.78 is 0. The van der Waals surface area contributed by atoms with Crippen LogP contribution in [0.2, 0.25) is 0 Å². The van der Waals surface area contributed by atoms with Gasteiger partial charge < -0.3 is 4.90 Å². The van der Waals surface area contributed by atoms with Crippen LogP contribution in [0.4, 0.5) is 0 Å². The number of piperidine rings is 1. The smallest absolute Gasteiger partial charge is 0.102 e. The fraction of sp³-hybridized carbons (Fsp3) is 0.700. The number of nitrogens with zero attached hydrogens (tertiary/aromatic N) is 2. The lowest BCUT2D eigenvalue weighted by molar-refractivity contribution is 0.409. The van der Waals surface area contributed by atoms with Gasteiger partial charge in [0.1, 0.15) is 5.84 Å². The van der Waals surface area contributed by atoms with Crippen molar-refractivity contribution in [2.45, 2.75) is 32.6 Å². The average molecular weight is 166 g/mol. The predicted molar refractivity (Wildman–Crippen MR) is 53.3 cm³/mol. The first-order valence-electron chi connectivity index (χ1n) is 4.70. The monoisotopic (exact) mass is 166 g/mol. The van der Waals surface area contributed by atoms with E-state index in [1.54, 1.807) is 0 Å². The Hall–Kier alpha value is -0.790. The molecule has 0 aromatic carbocycles. The van der Waals surface area contributed by atoms with E-state index in [-0.39, 0.29) is 0 Å². The van der Waals surface area contributed by atoms with E-state index in [1.165, 1.54) is 24.4 Å². The fourth-order valence-electron chi connectivity index (χ4n) is 1.67. The lowest BCUT2D eigenvalue weighted by atomic mass is 10.1. The molecule has 1 rings (SSSR count). The number of aliphatic imine (C=N–C) groups is 1. The predicted octanol–water partition coefficient (Wildman–Crippen LogP) is 2.42. The molecule has 0 amide bonds. The van der Waals surface area contributed by atoms with E-state index in [2.05, 4.69) is 23.4 Å². The molecule has 68 valence electrons. The standard InChI is InChI=1S/C10H18N2/c1-4-10(11-3)12-8-6-5-7-9(12)2/h2,4-8H2,1,3H3. The van der Waals surface area contributed by atoms with Crippen molar-refractivity contribution in [3.8, 4) is 0 Å². The molecule has 0 radical (unpaired) electrons. The van der Waals surface area contributed by atoms with Crippen molar-refractivity contribution < 1.29 is 0 Å². The molecule has 0 N–H and O–H groups in total. The molecule has 1 aliphatic heterocycles. The van der Waals surface area contributed by atoms with Gasteiger partial charge in [-0.15, -0.1) is 0 Å². The van der Waals surface area contributed by atoms with Crippen LogP contribution in [-0.2, 0) is 0 Å². The molecule has 0 aliphatic carbocycles. The van der Waals surface area contributed by atoms with Gasteiger partial charge in [0.2, 0.25) is 0 Å². The molecule has 0 unspecified atom stereocenters. The van der Waals surface area contributed by atoms with Gasteiger partial charge in [0.15, 0.2) is 0 Å². The molecule has 2 nitrogen and oxygen atoms in total. The van der Waals surface area contributed by atoms with Crippen LogP contribution in [0.5, 0.6) is 0 Å². The Balaban J connectivity index is 2.64. The Morgan fingerprint density at radius 2 is 2.33 bits per heavy atom. The summed E-state index contributed by atoms with van der Waals surface area (Å²) >= 11 is 0. The van der Waals surface area contributed by atoms with Crippen LogP contribution in [0.15, 0.2) is 17.3 Å². The van der Waals surface area contributed by atoms with Crippen molar-refractivity contribution in [2.24, 2.45) is 4.99 Å². The van der Waals surface area contributed by atoms with Gasteiger partial charge in [-0.05, 0) is 19.3 Å². The molecule has 1 fully saturated rings. The Morgan fingerprint density at radius 1 is 1.58 bits per heavy atom. The maximum absolute atomic E-state index is 4.26. The summed E-state index contributed by atoms with van der Waals surface area (Å²) in [5.74, 6) is 1.18. The van der Waals surface area contributed by atoms with Crippen LogP contribution < -0.4 is 0 Å². The molecule has 2 heteroatoms. The van der Waals surface area contributed by atoms with Crippen LogP contribution in [0.25, 0.3) is 0 Å². The second-order valence-corrected chi connectivity index (χ2v) is 3.17. The molecular weight excluding hydrogens is 148 g/mol. The Morgan fingerprint density at radius 3 is 2.83 bits per heavy atom. The molecule has 0 spiro atoms. The van der Waals surface area contributed by atoms with E-state index >= 15 is 0 Å². The van der Waals surface area contributed by atoms with Gasteiger partial charge in [-0.25, -0.2) is 0 Å². The number of allylic oxidation sites excluding steroid dienone is 1. The zero-order valence-electron chi connectivity index (χ0n) is 8.14. The van der Waals surface area contributed by atoms with Crippen LogP contribution >= 0.6 is 0 Å². The van der Waals surface area contributed by atoms with Gasteiger partial charge in [0.25, 0.3) is 0 Å². The van der Waals surface area contributed by atoms with E-state index in [9.17, 15) is 0 Å². The molecule has 1 aliphatic rings. The van der Waals surface area contributed by atoms with Crippen LogP contribution in [0, 0.1) is 0 Å². The summed E-state index contributed by atoms with van der Waals surface area (Å²) in [6.45, 7) is 7.31. The van der Waals surface area contributed by atoms with Crippen molar-refractivity contribution in [1.29, 1.82) is 0 Å². The molecule has 0 atom stereocenters. The molecule has 1 heterocycles. The van der Waals surface area contributed by atoms with E-state index < -0.39 is 0 Å². The molecule has 0 bridgehead atoms. The number of rotatable bonds is 1. The largest absolute Gasteiger partial charge is 0.335 e. The van der Waals surface area contributed by atoms with Crippen molar-refractivity contribution in [2.75, 3.05) is 13.6 Å². The minimum atomic E-state index is 1.01. The number of likely N-dealkylation sites (tertiary alicyclic amines) is 1. The van der Waals surface area contributed by atoms with Gasteiger partial charge in [-0.2, -0.15) is 0 Å². The van der Waals surface area contributed by atoms with Gasteiger partial charge in [0, 0.05) is 25.7 Å².